The molecule has 2 rings (SSSR count). The molecule has 0 spiro atoms. The van der Waals surface area contributed by atoms with Gasteiger partial charge in [-0.05, 0) is 5.56 Å². The summed E-state index contributed by atoms with van der Waals surface area (Å²) in [6.45, 7) is 3.88. The highest BCUT2D eigenvalue weighted by atomic mass is 35.5. The van der Waals surface area contributed by atoms with E-state index in [1.807, 2.05) is 47.0 Å². The SMILES string of the molecule is CC1CN(C(=O)CC(N)c2ccccc2)CCS1.Cl. The van der Waals surface area contributed by atoms with E-state index < -0.39 is 0 Å². The summed E-state index contributed by atoms with van der Waals surface area (Å²) in [6, 6.07) is 9.64. The average Bonchev–Trinajstić information content (AvgIpc) is 2.39. The van der Waals surface area contributed by atoms with Crippen molar-refractivity contribution in [3.63, 3.8) is 0 Å². The average molecular weight is 301 g/mol. The molecule has 0 saturated carbocycles. The van der Waals surface area contributed by atoms with Gasteiger partial charge < -0.3 is 10.6 Å². The third-order valence-corrected chi connectivity index (χ3v) is 4.35. The molecule has 2 atom stereocenters. The van der Waals surface area contributed by atoms with Crippen LogP contribution in [-0.2, 0) is 4.79 Å². The number of amides is 1. The van der Waals surface area contributed by atoms with E-state index in [0.717, 1.165) is 24.4 Å². The smallest absolute Gasteiger partial charge is 0.224 e. The minimum absolute atomic E-state index is 0. The molecule has 106 valence electrons. The first-order chi connectivity index (χ1) is 8.66. The Morgan fingerprint density at radius 2 is 2.16 bits per heavy atom. The van der Waals surface area contributed by atoms with Crippen molar-refractivity contribution >= 4 is 30.1 Å². The van der Waals surface area contributed by atoms with Gasteiger partial charge in [0.1, 0.15) is 0 Å². The van der Waals surface area contributed by atoms with Crippen LogP contribution in [-0.4, -0.2) is 34.9 Å². The predicted octanol–water partition coefficient (Wildman–Crippen LogP) is 2.46. The standard InChI is InChI=1S/C14H20N2OS.ClH/c1-11-10-16(7-8-18-11)14(17)9-13(15)12-5-3-2-4-6-12;/h2-6,11,13H,7-10,15H2,1H3;1H. The zero-order valence-electron chi connectivity index (χ0n) is 11.1. The Labute approximate surface area is 125 Å². The highest BCUT2D eigenvalue weighted by Gasteiger charge is 2.22. The van der Waals surface area contributed by atoms with Gasteiger partial charge >= 0.3 is 0 Å². The summed E-state index contributed by atoms with van der Waals surface area (Å²) in [7, 11) is 0. The zero-order valence-corrected chi connectivity index (χ0v) is 12.8. The number of carbonyl (C=O) groups excluding carboxylic acids is 1. The van der Waals surface area contributed by atoms with Crippen LogP contribution >= 0.6 is 24.2 Å². The second kappa shape index (κ2) is 7.78. The van der Waals surface area contributed by atoms with Crippen molar-refractivity contribution in [2.45, 2.75) is 24.6 Å². The normalized spacial score (nSPS) is 20.5. The summed E-state index contributed by atoms with van der Waals surface area (Å²) in [4.78, 5) is 14.1. The summed E-state index contributed by atoms with van der Waals surface area (Å²) in [5, 5.41) is 0.538. The van der Waals surface area contributed by atoms with Crippen molar-refractivity contribution in [2.75, 3.05) is 18.8 Å². The maximum absolute atomic E-state index is 12.2. The van der Waals surface area contributed by atoms with Crippen LogP contribution in [0.5, 0.6) is 0 Å². The van der Waals surface area contributed by atoms with E-state index in [9.17, 15) is 4.79 Å². The van der Waals surface area contributed by atoms with E-state index in [1.54, 1.807) is 0 Å². The Morgan fingerprint density at radius 3 is 2.79 bits per heavy atom. The molecule has 0 bridgehead atoms. The van der Waals surface area contributed by atoms with Gasteiger partial charge in [0.15, 0.2) is 0 Å². The molecular weight excluding hydrogens is 280 g/mol. The molecule has 0 radical (unpaired) electrons. The molecule has 1 heterocycles. The molecule has 2 unspecified atom stereocenters. The third kappa shape index (κ3) is 4.71. The lowest BCUT2D eigenvalue weighted by atomic mass is 10.0. The van der Waals surface area contributed by atoms with Gasteiger partial charge in [0, 0.05) is 36.6 Å². The van der Waals surface area contributed by atoms with Crippen LogP contribution in [0.4, 0.5) is 0 Å². The quantitative estimate of drug-likeness (QED) is 0.933. The number of hydrogen-bond donors (Lipinski definition) is 1. The van der Waals surface area contributed by atoms with Gasteiger partial charge in [-0.15, -0.1) is 12.4 Å². The lowest BCUT2D eigenvalue weighted by Crippen LogP contribution is -2.42. The van der Waals surface area contributed by atoms with E-state index in [1.165, 1.54) is 0 Å². The summed E-state index contributed by atoms with van der Waals surface area (Å²) in [5.41, 5.74) is 7.12. The fourth-order valence-corrected chi connectivity index (χ4v) is 3.19. The molecule has 1 aromatic carbocycles. The number of rotatable bonds is 3. The third-order valence-electron chi connectivity index (χ3n) is 3.22. The number of carbonyl (C=O) groups is 1. The highest BCUT2D eigenvalue weighted by Crippen LogP contribution is 2.20. The Morgan fingerprint density at radius 1 is 1.47 bits per heavy atom. The monoisotopic (exact) mass is 300 g/mol. The van der Waals surface area contributed by atoms with Gasteiger partial charge in [-0.25, -0.2) is 0 Å². The number of hydrogen-bond acceptors (Lipinski definition) is 3. The maximum Gasteiger partial charge on any atom is 0.224 e. The molecule has 1 aliphatic rings. The van der Waals surface area contributed by atoms with Gasteiger partial charge in [-0.2, -0.15) is 11.8 Å². The Bertz CT molecular complexity index is 402. The number of nitrogens with two attached hydrogens (primary N) is 1. The zero-order chi connectivity index (χ0) is 13.0. The number of thioether (sulfide) groups is 1. The van der Waals surface area contributed by atoms with Crippen LogP contribution in [0.25, 0.3) is 0 Å². The number of benzene rings is 1. The van der Waals surface area contributed by atoms with E-state index in [0.29, 0.717) is 11.7 Å². The molecular formula is C14H21ClN2OS. The predicted molar refractivity (Wildman–Crippen MR) is 83.7 cm³/mol. The van der Waals surface area contributed by atoms with Crippen LogP contribution in [0, 0.1) is 0 Å². The first kappa shape index (κ1) is 16.3. The maximum atomic E-state index is 12.2. The first-order valence-corrected chi connectivity index (χ1v) is 7.41. The van der Waals surface area contributed by atoms with Crippen molar-refractivity contribution in [1.29, 1.82) is 0 Å². The van der Waals surface area contributed by atoms with Crippen molar-refractivity contribution < 1.29 is 4.79 Å². The Kier molecular flexibility index (Phi) is 6.69. The van der Waals surface area contributed by atoms with Crippen LogP contribution in [0.1, 0.15) is 24.9 Å². The fraction of sp³-hybridized carbons (Fsp3) is 0.500. The molecule has 1 saturated heterocycles. The molecule has 1 fully saturated rings. The van der Waals surface area contributed by atoms with Crippen LogP contribution in [0.15, 0.2) is 30.3 Å². The van der Waals surface area contributed by atoms with Crippen LogP contribution in [0.2, 0.25) is 0 Å². The summed E-state index contributed by atoms with van der Waals surface area (Å²) in [5.74, 6) is 1.21. The Balaban J connectivity index is 0.00000180. The lowest BCUT2D eigenvalue weighted by molar-refractivity contribution is -0.131. The molecule has 1 aromatic rings. The van der Waals surface area contributed by atoms with Crippen molar-refractivity contribution in [2.24, 2.45) is 5.73 Å². The van der Waals surface area contributed by atoms with Gasteiger partial charge in [-0.3, -0.25) is 4.79 Å². The topological polar surface area (TPSA) is 46.3 Å². The van der Waals surface area contributed by atoms with Crippen molar-refractivity contribution in [1.82, 2.24) is 4.90 Å². The molecule has 19 heavy (non-hydrogen) atoms. The molecule has 0 aliphatic carbocycles. The lowest BCUT2D eigenvalue weighted by Gasteiger charge is -2.31. The summed E-state index contributed by atoms with van der Waals surface area (Å²) >= 11 is 1.93. The van der Waals surface area contributed by atoms with E-state index in [4.69, 9.17) is 5.73 Å². The minimum Gasteiger partial charge on any atom is -0.341 e. The molecule has 2 N–H and O–H groups in total. The minimum atomic E-state index is -0.191. The van der Waals surface area contributed by atoms with Crippen molar-refractivity contribution in [3.8, 4) is 0 Å². The summed E-state index contributed by atoms with van der Waals surface area (Å²) < 4.78 is 0. The van der Waals surface area contributed by atoms with E-state index in [2.05, 4.69) is 6.92 Å². The number of nitrogens with zero attached hydrogens (tertiary/aromatic N) is 1. The number of halogens is 1. The van der Waals surface area contributed by atoms with Crippen molar-refractivity contribution in [3.05, 3.63) is 35.9 Å². The molecule has 5 heteroatoms. The van der Waals surface area contributed by atoms with Gasteiger partial charge in [0.2, 0.25) is 5.91 Å². The largest absolute Gasteiger partial charge is 0.341 e. The van der Waals surface area contributed by atoms with Gasteiger partial charge in [-0.1, -0.05) is 37.3 Å². The molecule has 0 aromatic heterocycles. The first-order valence-electron chi connectivity index (χ1n) is 6.36. The second-order valence-corrected chi connectivity index (χ2v) is 6.29. The summed E-state index contributed by atoms with van der Waals surface area (Å²) in [6.07, 6.45) is 0.404. The Hall–Kier alpha value is -0.710. The van der Waals surface area contributed by atoms with Crippen LogP contribution < -0.4 is 5.73 Å². The van der Waals surface area contributed by atoms with Gasteiger partial charge in [0.25, 0.3) is 0 Å². The second-order valence-electron chi connectivity index (χ2n) is 4.74. The fourth-order valence-electron chi connectivity index (χ4n) is 2.18. The molecule has 1 amide bonds. The molecule has 1 aliphatic heterocycles. The van der Waals surface area contributed by atoms with Crippen LogP contribution in [0.3, 0.4) is 0 Å². The van der Waals surface area contributed by atoms with E-state index in [-0.39, 0.29) is 24.4 Å². The van der Waals surface area contributed by atoms with E-state index >= 15 is 0 Å². The highest BCUT2D eigenvalue weighted by molar-refractivity contribution is 7.99. The van der Waals surface area contributed by atoms with Gasteiger partial charge in [0.05, 0.1) is 0 Å². The molecule has 3 nitrogen and oxygen atoms in total.